The van der Waals surface area contributed by atoms with Gasteiger partial charge < -0.3 is 9.05 Å². The summed E-state index contributed by atoms with van der Waals surface area (Å²) in [6, 6.07) is 0. The second kappa shape index (κ2) is 6.43. The molecule has 0 amide bonds. The molecule has 0 aromatic rings. The summed E-state index contributed by atoms with van der Waals surface area (Å²) in [5, 5.41) is 5.38. The average Bonchev–Trinajstić information content (AvgIpc) is 2.02. The van der Waals surface area contributed by atoms with E-state index in [0.717, 1.165) is 11.8 Å². The van der Waals surface area contributed by atoms with E-state index in [9.17, 15) is 4.57 Å². The van der Waals surface area contributed by atoms with Crippen molar-refractivity contribution in [3.63, 3.8) is 0 Å². The van der Waals surface area contributed by atoms with Crippen LogP contribution in [0.2, 0.25) is 0 Å². The van der Waals surface area contributed by atoms with Crippen LogP contribution in [0.5, 0.6) is 0 Å². The zero-order valence-electron chi connectivity index (χ0n) is 7.86. The van der Waals surface area contributed by atoms with Gasteiger partial charge >= 0.3 is 7.60 Å². The first kappa shape index (κ1) is 13.0. The van der Waals surface area contributed by atoms with Crippen molar-refractivity contribution in [2.75, 3.05) is 18.7 Å². The molecule has 0 saturated carbocycles. The first-order valence-electron chi connectivity index (χ1n) is 3.93. The van der Waals surface area contributed by atoms with Crippen LogP contribution in [0, 0.1) is 0 Å². The van der Waals surface area contributed by atoms with E-state index in [1.54, 1.807) is 13.8 Å². The molecule has 0 aliphatic rings. The van der Waals surface area contributed by atoms with Crippen LogP contribution in [-0.2, 0) is 13.6 Å². The summed E-state index contributed by atoms with van der Waals surface area (Å²) in [6.45, 7) is 4.21. The van der Waals surface area contributed by atoms with Gasteiger partial charge in [-0.2, -0.15) is 0 Å². The van der Waals surface area contributed by atoms with Crippen LogP contribution in [0.1, 0.15) is 13.8 Å². The molecular formula is C6H16N2O3PS+. The first-order chi connectivity index (χ1) is 6.04. The maximum Gasteiger partial charge on any atom is 0.341 e. The summed E-state index contributed by atoms with van der Waals surface area (Å²) in [4.78, 5) is 0. The lowest BCUT2D eigenvalue weighted by molar-refractivity contribution is -0.110. The molecule has 0 aliphatic carbocycles. The molecule has 0 heterocycles. The lowest BCUT2D eigenvalue weighted by Crippen LogP contribution is -2.43. The van der Waals surface area contributed by atoms with Crippen molar-refractivity contribution in [1.82, 2.24) is 0 Å². The number of thioether (sulfide) groups is 1. The summed E-state index contributed by atoms with van der Waals surface area (Å²) in [7, 11) is -2.99. The van der Waals surface area contributed by atoms with Gasteiger partial charge in [0.25, 0.3) is 5.17 Å². The molecule has 5 nitrogen and oxygen atoms in total. The summed E-state index contributed by atoms with van der Waals surface area (Å²) >= 11 is 1.08. The van der Waals surface area contributed by atoms with Gasteiger partial charge in [0.2, 0.25) is 0 Å². The molecule has 0 radical (unpaired) electrons. The Morgan fingerprint density at radius 1 is 1.46 bits per heavy atom. The van der Waals surface area contributed by atoms with E-state index in [1.807, 2.05) is 0 Å². The molecule has 78 valence electrons. The van der Waals surface area contributed by atoms with E-state index in [2.05, 4.69) is 0 Å². The fourth-order valence-corrected chi connectivity index (χ4v) is 3.35. The molecule has 0 unspecified atom stereocenters. The van der Waals surface area contributed by atoms with Gasteiger partial charge in [0.15, 0.2) is 0 Å². The monoisotopic (exact) mass is 227 g/mol. The minimum absolute atomic E-state index is 0.164. The molecule has 0 fully saturated rings. The Morgan fingerprint density at radius 3 is 2.23 bits per heavy atom. The van der Waals surface area contributed by atoms with Crippen molar-refractivity contribution < 1.29 is 19.0 Å². The Labute approximate surface area is 82.4 Å². The van der Waals surface area contributed by atoms with Gasteiger partial charge in [0, 0.05) is 0 Å². The normalized spacial score (nSPS) is 11.5. The van der Waals surface area contributed by atoms with Crippen LogP contribution in [-0.4, -0.2) is 23.9 Å². The summed E-state index contributed by atoms with van der Waals surface area (Å²) < 4.78 is 21.7. The highest BCUT2D eigenvalue weighted by atomic mass is 32.2. The van der Waals surface area contributed by atoms with E-state index in [-0.39, 0.29) is 10.7 Å². The number of nitrogens with two attached hydrogens (primary N) is 2. The third-order valence-corrected chi connectivity index (χ3v) is 4.46. The number of hydrogen-bond acceptors (Lipinski definition) is 4. The highest BCUT2D eigenvalue weighted by Gasteiger charge is 2.24. The number of amidine groups is 1. The second-order valence-corrected chi connectivity index (χ2v) is 5.65. The Balaban J connectivity index is 4.07. The highest BCUT2D eigenvalue weighted by molar-refractivity contribution is 8.17. The van der Waals surface area contributed by atoms with Crippen LogP contribution < -0.4 is 11.1 Å². The van der Waals surface area contributed by atoms with Gasteiger partial charge in [0.1, 0.15) is 5.49 Å². The van der Waals surface area contributed by atoms with Crippen LogP contribution in [0.3, 0.4) is 0 Å². The quantitative estimate of drug-likeness (QED) is 0.379. The number of rotatable bonds is 6. The molecule has 0 atom stereocenters. The van der Waals surface area contributed by atoms with Gasteiger partial charge in [0.05, 0.1) is 13.2 Å². The van der Waals surface area contributed by atoms with Crippen molar-refractivity contribution in [3.8, 4) is 0 Å². The molecule has 0 aromatic carbocycles. The molecule has 0 aliphatic heterocycles. The smallest absolute Gasteiger partial charge is 0.308 e. The van der Waals surface area contributed by atoms with Crippen LogP contribution in [0.25, 0.3) is 0 Å². The third kappa shape index (κ3) is 6.10. The topological polar surface area (TPSA) is 87.1 Å². The van der Waals surface area contributed by atoms with E-state index in [1.165, 1.54) is 0 Å². The molecule has 0 spiro atoms. The lowest BCUT2D eigenvalue weighted by atomic mass is 10.9. The van der Waals surface area contributed by atoms with Gasteiger partial charge in [-0.05, 0) is 25.6 Å². The fraction of sp³-hybridized carbons (Fsp3) is 0.833. The van der Waals surface area contributed by atoms with E-state index >= 15 is 0 Å². The van der Waals surface area contributed by atoms with Crippen LogP contribution in [0.4, 0.5) is 0 Å². The molecule has 0 saturated heterocycles. The summed E-state index contributed by atoms with van der Waals surface area (Å²) in [5.74, 6) is 0. The Morgan fingerprint density at radius 2 is 1.92 bits per heavy atom. The molecule has 0 rings (SSSR count). The summed E-state index contributed by atoms with van der Waals surface area (Å²) in [6.07, 6.45) is 0. The Kier molecular flexibility index (Phi) is 6.41. The zero-order chi connectivity index (χ0) is 10.3. The van der Waals surface area contributed by atoms with Crippen molar-refractivity contribution in [2.24, 2.45) is 5.73 Å². The zero-order valence-corrected chi connectivity index (χ0v) is 9.57. The second-order valence-electron chi connectivity index (χ2n) is 2.12. The molecule has 0 bridgehead atoms. The minimum atomic E-state index is -2.99. The largest absolute Gasteiger partial charge is 0.341 e. The van der Waals surface area contributed by atoms with Gasteiger partial charge in [-0.15, -0.1) is 0 Å². The van der Waals surface area contributed by atoms with Gasteiger partial charge in [-0.1, -0.05) is 0 Å². The maximum absolute atomic E-state index is 11.7. The molecule has 13 heavy (non-hydrogen) atoms. The number of hydrogen-bond donors (Lipinski definition) is 2. The first-order valence-corrected chi connectivity index (χ1v) is 6.64. The molecule has 4 N–H and O–H groups in total. The van der Waals surface area contributed by atoms with Crippen molar-refractivity contribution in [3.05, 3.63) is 0 Å². The fourth-order valence-electron chi connectivity index (χ4n) is 0.659. The maximum atomic E-state index is 11.7. The van der Waals surface area contributed by atoms with E-state index in [0.29, 0.717) is 13.2 Å². The van der Waals surface area contributed by atoms with Crippen LogP contribution in [0.15, 0.2) is 0 Å². The van der Waals surface area contributed by atoms with E-state index < -0.39 is 7.60 Å². The molecular weight excluding hydrogens is 211 g/mol. The van der Waals surface area contributed by atoms with Gasteiger partial charge in [-0.3, -0.25) is 15.7 Å². The standard InChI is InChI=1S/C6H15N2O3PS/c1-3-10-12(9,11-4-2)5-13-6(7)8/h3-5H2,1-2H3,(H3,7,8)/p+1. The minimum Gasteiger partial charge on any atom is -0.308 e. The summed E-state index contributed by atoms with van der Waals surface area (Å²) in [5.41, 5.74) is 5.38. The Hall–Kier alpha value is -0.0300. The highest BCUT2D eigenvalue weighted by Crippen LogP contribution is 2.50. The predicted octanol–water partition coefficient (Wildman–Crippen LogP) is 0.0170. The van der Waals surface area contributed by atoms with Crippen molar-refractivity contribution in [2.45, 2.75) is 13.8 Å². The average molecular weight is 227 g/mol. The SMILES string of the molecule is CCOP(=O)(CSC(N)=[NH2+])OCC. The predicted molar refractivity (Wildman–Crippen MR) is 54.4 cm³/mol. The van der Waals surface area contributed by atoms with Crippen molar-refractivity contribution >= 4 is 24.5 Å². The molecule has 7 heteroatoms. The van der Waals surface area contributed by atoms with E-state index in [4.69, 9.17) is 20.2 Å². The third-order valence-electron chi connectivity index (χ3n) is 1.04. The van der Waals surface area contributed by atoms with Crippen LogP contribution >= 0.6 is 19.4 Å². The van der Waals surface area contributed by atoms with Crippen molar-refractivity contribution in [1.29, 1.82) is 0 Å². The van der Waals surface area contributed by atoms with Gasteiger partial charge in [-0.25, -0.2) is 0 Å². The lowest BCUT2D eigenvalue weighted by Gasteiger charge is -2.14. The Bertz CT molecular complexity index is 202. The molecule has 0 aromatic heterocycles.